The van der Waals surface area contributed by atoms with E-state index in [1.165, 1.54) is 5.57 Å². The highest BCUT2D eigenvalue weighted by Crippen LogP contribution is 2.35. The molecule has 0 spiro atoms. The molecule has 2 aliphatic carbocycles. The zero-order valence-corrected chi connectivity index (χ0v) is 25.2. The Morgan fingerprint density at radius 1 is 1.19 bits per heavy atom. The Labute approximate surface area is 232 Å². The SMILES string of the molecule is CC/C=C1\C2=CCC(C)=CC=C2NC(=O)N1CC1CCC(C(=O)N(C)C(I)CN(C)CC(C)C)CC1. The summed E-state index contributed by atoms with van der Waals surface area (Å²) in [6.45, 7) is 11.3. The number of fused-ring (bicyclic) bond motifs is 1. The lowest BCUT2D eigenvalue weighted by Gasteiger charge is -2.38. The van der Waals surface area contributed by atoms with Crippen LogP contribution in [0.3, 0.4) is 0 Å². The number of likely N-dealkylation sites (N-methyl/N-ethyl adjacent to an activating group) is 2. The first-order chi connectivity index (χ1) is 17.1. The minimum Gasteiger partial charge on any atom is -0.332 e. The lowest BCUT2D eigenvalue weighted by Crippen LogP contribution is -2.48. The van der Waals surface area contributed by atoms with Crippen molar-refractivity contribution < 1.29 is 9.59 Å². The lowest BCUT2D eigenvalue weighted by molar-refractivity contribution is -0.136. The van der Waals surface area contributed by atoms with Gasteiger partial charge >= 0.3 is 6.03 Å². The molecule has 1 N–H and O–H groups in total. The normalized spacial score (nSPS) is 24.6. The maximum atomic E-state index is 13.2. The Morgan fingerprint density at radius 2 is 1.89 bits per heavy atom. The molecule has 0 aromatic carbocycles. The number of nitrogens with zero attached hydrogens (tertiary/aromatic N) is 3. The van der Waals surface area contributed by atoms with E-state index in [-0.39, 0.29) is 21.9 Å². The van der Waals surface area contributed by atoms with Crippen LogP contribution in [0.25, 0.3) is 0 Å². The molecule has 7 heteroatoms. The van der Waals surface area contributed by atoms with Crippen LogP contribution < -0.4 is 5.32 Å². The minimum atomic E-state index is -0.0396. The van der Waals surface area contributed by atoms with Gasteiger partial charge in [0.1, 0.15) is 0 Å². The van der Waals surface area contributed by atoms with Gasteiger partial charge in [0.2, 0.25) is 5.91 Å². The second kappa shape index (κ2) is 13.3. The van der Waals surface area contributed by atoms with E-state index >= 15 is 0 Å². The second-order valence-electron chi connectivity index (χ2n) is 11.2. The maximum Gasteiger partial charge on any atom is 0.326 e. The summed E-state index contributed by atoms with van der Waals surface area (Å²) >= 11 is 2.41. The topological polar surface area (TPSA) is 55.9 Å². The second-order valence-corrected chi connectivity index (χ2v) is 12.6. The van der Waals surface area contributed by atoms with E-state index in [2.05, 4.69) is 85.8 Å². The Balaban J connectivity index is 1.58. The van der Waals surface area contributed by atoms with Crippen LogP contribution in [-0.2, 0) is 4.79 Å². The number of nitrogens with one attached hydrogen (secondary N) is 1. The van der Waals surface area contributed by atoms with Crippen molar-refractivity contribution in [2.75, 3.05) is 33.7 Å². The van der Waals surface area contributed by atoms with Crippen LogP contribution in [0.5, 0.6) is 0 Å². The molecular weight excluding hydrogens is 563 g/mol. The van der Waals surface area contributed by atoms with Gasteiger partial charge in [-0.15, -0.1) is 0 Å². The number of carbonyl (C=O) groups is 2. The van der Waals surface area contributed by atoms with E-state index in [0.717, 1.165) is 68.6 Å². The molecule has 1 heterocycles. The van der Waals surface area contributed by atoms with Crippen LogP contribution in [0.15, 0.2) is 46.8 Å². The van der Waals surface area contributed by atoms with E-state index in [1.807, 2.05) is 22.9 Å². The number of allylic oxidation sites excluding steroid dienone is 5. The minimum absolute atomic E-state index is 0.0396. The molecule has 1 aliphatic heterocycles. The van der Waals surface area contributed by atoms with Gasteiger partial charge in [0, 0.05) is 38.2 Å². The first-order valence-corrected chi connectivity index (χ1v) is 14.8. The molecule has 3 rings (SSSR count). The number of alkyl halides is 1. The summed E-state index contributed by atoms with van der Waals surface area (Å²) in [5.41, 5.74) is 4.35. The summed E-state index contributed by atoms with van der Waals surface area (Å²) in [7, 11) is 4.09. The monoisotopic (exact) mass is 608 g/mol. The Kier molecular flexibility index (Phi) is 10.7. The van der Waals surface area contributed by atoms with Crippen molar-refractivity contribution in [2.24, 2.45) is 17.8 Å². The van der Waals surface area contributed by atoms with Gasteiger partial charge in [0.05, 0.1) is 15.4 Å². The molecule has 0 bridgehead atoms. The van der Waals surface area contributed by atoms with Gasteiger partial charge in [-0.05, 0) is 70.4 Å². The highest BCUT2D eigenvalue weighted by Gasteiger charge is 2.35. The molecule has 3 aliphatic rings. The fourth-order valence-corrected chi connectivity index (χ4v) is 6.44. The standard InChI is InChI=1S/C29H45IN4O2/c1-7-8-26-24-15-9-21(4)10-16-25(24)31-29(36)34(26)18-22-11-13-23(14-12-22)28(35)33(6)27(30)19-32(5)17-20(2)3/h8,10,15-16,20,22-23,27H,7,9,11-14,17-19H2,1-6H3,(H,31,36)/b26-8+. The first kappa shape index (κ1) is 29.0. The third-order valence-electron chi connectivity index (χ3n) is 7.45. The van der Waals surface area contributed by atoms with E-state index < -0.39 is 0 Å². The van der Waals surface area contributed by atoms with Crippen molar-refractivity contribution >= 4 is 34.5 Å². The van der Waals surface area contributed by atoms with Crippen molar-refractivity contribution in [3.63, 3.8) is 0 Å². The van der Waals surface area contributed by atoms with Gasteiger partial charge in [0.25, 0.3) is 0 Å². The molecule has 1 atom stereocenters. The maximum absolute atomic E-state index is 13.2. The number of amides is 3. The first-order valence-electron chi connectivity index (χ1n) is 13.6. The molecule has 0 radical (unpaired) electrons. The molecule has 6 nitrogen and oxygen atoms in total. The van der Waals surface area contributed by atoms with E-state index in [1.54, 1.807) is 0 Å². The summed E-state index contributed by atoms with van der Waals surface area (Å²) in [6, 6.07) is -0.0396. The smallest absolute Gasteiger partial charge is 0.326 e. The van der Waals surface area contributed by atoms with Crippen LogP contribution in [0, 0.1) is 17.8 Å². The Hall–Kier alpha value is -1.61. The van der Waals surface area contributed by atoms with E-state index in [9.17, 15) is 9.59 Å². The zero-order valence-electron chi connectivity index (χ0n) is 23.0. The summed E-state index contributed by atoms with van der Waals surface area (Å²) in [5.74, 6) is 1.39. The van der Waals surface area contributed by atoms with Gasteiger partial charge in [0.15, 0.2) is 0 Å². The number of urea groups is 1. The molecule has 2 fully saturated rings. The molecule has 3 amide bonds. The lowest BCUT2D eigenvalue weighted by atomic mass is 9.81. The van der Waals surface area contributed by atoms with Crippen molar-refractivity contribution in [3.8, 4) is 0 Å². The highest BCUT2D eigenvalue weighted by molar-refractivity contribution is 14.1. The van der Waals surface area contributed by atoms with E-state index in [0.29, 0.717) is 18.4 Å². The fraction of sp³-hybridized carbons (Fsp3) is 0.655. The molecule has 0 aromatic rings. The van der Waals surface area contributed by atoms with Crippen molar-refractivity contribution in [1.29, 1.82) is 0 Å². The number of carbonyl (C=O) groups excluding carboxylic acids is 2. The predicted molar refractivity (Wildman–Crippen MR) is 157 cm³/mol. The summed E-state index contributed by atoms with van der Waals surface area (Å²) < 4.78 is 0.170. The zero-order chi connectivity index (χ0) is 26.4. The van der Waals surface area contributed by atoms with E-state index in [4.69, 9.17) is 0 Å². The van der Waals surface area contributed by atoms with Crippen LogP contribution in [-0.4, -0.2) is 64.4 Å². The molecule has 0 aromatic heterocycles. The average Bonchev–Trinajstić information content (AvgIpc) is 3.01. The molecule has 200 valence electrons. The molecular formula is C29H45IN4O2. The van der Waals surface area contributed by atoms with Crippen LogP contribution in [0.2, 0.25) is 0 Å². The van der Waals surface area contributed by atoms with Crippen molar-refractivity contribution in [3.05, 3.63) is 46.8 Å². The molecule has 36 heavy (non-hydrogen) atoms. The van der Waals surface area contributed by atoms with Crippen molar-refractivity contribution in [2.45, 2.75) is 70.3 Å². The third kappa shape index (κ3) is 7.46. The number of rotatable bonds is 9. The average molecular weight is 609 g/mol. The van der Waals surface area contributed by atoms with Gasteiger partial charge in [-0.25, -0.2) is 4.79 Å². The highest BCUT2D eigenvalue weighted by atomic mass is 127. The van der Waals surface area contributed by atoms with Gasteiger partial charge in [-0.1, -0.05) is 67.2 Å². The fourth-order valence-electron chi connectivity index (χ4n) is 5.49. The Bertz CT molecular complexity index is 928. The quantitative estimate of drug-likeness (QED) is 0.196. The molecule has 1 unspecified atom stereocenters. The third-order valence-corrected chi connectivity index (χ3v) is 8.68. The number of halogens is 1. The van der Waals surface area contributed by atoms with Gasteiger partial charge in [-0.2, -0.15) is 0 Å². The van der Waals surface area contributed by atoms with Crippen molar-refractivity contribution in [1.82, 2.24) is 20.0 Å². The summed E-state index contributed by atoms with van der Waals surface area (Å²) in [4.78, 5) is 32.6. The number of hydrogen-bond acceptors (Lipinski definition) is 3. The largest absolute Gasteiger partial charge is 0.332 e. The Morgan fingerprint density at radius 3 is 2.53 bits per heavy atom. The van der Waals surface area contributed by atoms with Gasteiger partial charge < -0.3 is 15.1 Å². The number of hydrogen-bond donors (Lipinski definition) is 1. The summed E-state index contributed by atoms with van der Waals surface area (Å²) in [6.07, 6.45) is 14.1. The molecule has 1 saturated carbocycles. The predicted octanol–water partition coefficient (Wildman–Crippen LogP) is 6.08. The van der Waals surface area contributed by atoms with Crippen LogP contribution in [0.4, 0.5) is 4.79 Å². The van der Waals surface area contributed by atoms with Gasteiger partial charge in [-0.3, -0.25) is 9.69 Å². The molecule has 1 saturated heterocycles. The summed E-state index contributed by atoms with van der Waals surface area (Å²) in [5, 5.41) is 3.12. The van der Waals surface area contributed by atoms with Crippen LogP contribution in [0.1, 0.15) is 66.2 Å². The van der Waals surface area contributed by atoms with Crippen LogP contribution >= 0.6 is 22.6 Å².